The maximum Gasteiger partial charge on any atom is 0.255 e. The fourth-order valence-corrected chi connectivity index (χ4v) is 3.96. The number of amides is 1. The van der Waals surface area contributed by atoms with Crippen LogP contribution in [0.1, 0.15) is 17.3 Å². The zero-order valence-corrected chi connectivity index (χ0v) is 19.9. The van der Waals surface area contributed by atoms with Crippen molar-refractivity contribution in [3.05, 3.63) is 78.5 Å². The highest BCUT2D eigenvalue weighted by atomic mass is 19.1. The SMILES string of the molecule is CCOC(CF)COc1ccc(C(=O)Nc2ccc(N3CCN(c4ccccn4)CC3)cc2)cc1. The van der Waals surface area contributed by atoms with Crippen molar-refractivity contribution in [3.8, 4) is 5.75 Å². The molecule has 0 saturated carbocycles. The molecule has 35 heavy (non-hydrogen) atoms. The lowest BCUT2D eigenvalue weighted by atomic mass is 10.2. The quantitative estimate of drug-likeness (QED) is 0.466. The first-order chi connectivity index (χ1) is 17.2. The van der Waals surface area contributed by atoms with Gasteiger partial charge in [-0.1, -0.05) is 6.07 Å². The van der Waals surface area contributed by atoms with Crippen LogP contribution in [0.4, 0.5) is 21.6 Å². The molecular formula is C27H31FN4O3. The van der Waals surface area contributed by atoms with Crippen LogP contribution in [0.5, 0.6) is 5.75 Å². The number of rotatable bonds is 10. The summed E-state index contributed by atoms with van der Waals surface area (Å²) in [6, 6.07) is 20.6. The predicted octanol–water partition coefficient (Wildman–Crippen LogP) is 4.41. The van der Waals surface area contributed by atoms with E-state index < -0.39 is 12.8 Å². The van der Waals surface area contributed by atoms with Crippen molar-refractivity contribution >= 4 is 23.1 Å². The van der Waals surface area contributed by atoms with Crippen LogP contribution >= 0.6 is 0 Å². The number of hydrogen-bond donors (Lipinski definition) is 1. The highest BCUT2D eigenvalue weighted by Crippen LogP contribution is 2.22. The van der Waals surface area contributed by atoms with Gasteiger partial charge in [-0.3, -0.25) is 4.79 Å². The normalized spacial score (nSPS) is 14.5. The zero-order valence-electron chi connectivity index (χ0n) is 19.9. The molecule has 1 aliphatic rings. The smallest absolute Gasteiger partial charge is 0.255 e. The highest BCUT2D eigenvalue weighted by Gasteiger charge is 2.18. The van der Waals surface area contributed by atoms with Crippen molar-refractivity contribution < 1.29 is 18.7 Å². The number of nitrogens with zero attached hydrogens (tertiary/aromatic N) is 3. The van der Waals surface area contributed by atoms with Crippen LogP contribution in [0.2, 0.25) is 0 Å². The molecule has 3 aromatic rings. The van der Waals surface area contributed by atoms with Gasteiger partial charge in [0.15, 0.2) is 0 Å². The average molecular weight is 479 g/mol. The first kappa shape index (κ1) is 24.5. The number of carbonyl (C=O) groups is 1. The summed E-state index contributed by atoms with van der Waals surface area (Å²) in [6.07, 6.45) is 1.24. The second-order valence-electron chi connectivity index (χ2n) is 8.23. The van der Waals surface area contributed by atoms with E-state index in [1.54, 1.807) is 24.3 Å². The monoisotopic (exact) mass is 478 g/mol. The minimum Gasteiger partial charge on any atom is -0.491 e. The van der Waals surface area contributed by atoms with Crippen LogP contribution in [-0.2, 0) is 4.74 Å². The molecule has 0 aliphatic carbocycles. The molecule has 8 heteroatoms. The first-order valence-corrected chi connectivity index (χ1v) is 11.9. The lowest BCUT2D eigenvalue weighted by molar-refractivity contribution is 0.0125. The standard InChI is InChI=1S/C27H31FN4O3/c1-2-34-25(19-28)20-35-24-12-6-21(7-13-24)27(33)30-22-8-10-23(11-9-22)31-15-17-32(18-16-31)26-5-3-4-14-29-26/h3-14,25H,2,15-20H2,1H3,(H,30,33). The molecule has 1 N–H and O–H groups in total. The van der Waals surface area contributed by atoms with Gasteiger partial charge in [0.25, 0.3) is 5.91 Å². The molecule has 184 valence electrons. The van der Waals surface area contributed by atoms with Gasteiger partial charge in [-0.25, -0.2) is 9.37 Å². The van der Waals surface area contributed by atoms with E-state index in [1.165, 1.54) is 0 Å². The molecule has 1 amide bonds. The molecule has 1 aliphatic heterocycles. The second kappa shape index (κ2) is 12.2. The molecule has 2 heterocycles. The van der Waals surface area contributed by atoms with E-state index in [2.05, 4.69) is 20.1 Å². The molecule has 1 aromatic heterocycles. The first-order valence-electron chi connectivity index (χ1n) is 11.9. The Bertz CT molecular complexity index is 1060. The number of carbonyl (C=O) groups excluding carboxylic acids is 1. The molecule has 1 fully saturated rings. The van der Waals surface area contributed by atoms with Crippen molar-refractivity contribution in [1.82, 2.24) is 4.98 Å². The van der Waals surface area contributed by atoms with Crippen LogP contribution in [-0.4, -0.2) is 63.1 Å². The Hall–Kier alpha value is -3.65. The van der Waals surface area contributed by atoms with E-state index in [9.17, 15) is 9.18 Å². The maximum atomic E-state index is 12.9. The molecule has 1 saturated heterocycles. The maximum absolute atomic E-state index is 12.9. The molecule has 0 bridgehead atoms. The van der Waals surface area contributed by atoms with E-state index in [-0.39, 0.29) is 12.5 Å². The summed E-state index contributed by atoms with van der Waals surface area (Å²) >= 11 is 0. The van der Waals surface area contributed by atoms with Gasteiger partial charge in [0.2, 0.25) is 0 Å². The lowest BCUT2D eigenvalue weighted by Gasteiger charge is -2.36. The van der Waals surface area contributed by atoms with Gasteiger partial charge in [0, 0.05) is 55.9 Å². The van der Waals surface area contributed by atoms with Gasteiger partial charge in [-0.2, -0.15) is 0 Å². The van der Waals surface area contributed by atoms with Crippen LogP contribution in [0.15, 0.2) is 72.9 Å². The Balaban J connectivity index is 1.26. The number of anilines is 3. The summed E-state index contributed by atoms with van der Waals surface area (Å²) in [5, 5.41) is 2.93. The molecular weight excluding hydrogens is 447 g/mol. The number of hydrogen-bond acceptors (Lipinski definition) is 6. The molecule has 1 unspecified atom stereocenters. The fourth-order valence-electron chi connectivity index (χ4n) is 3.96. The number of alkyl halides is 1. The summed E-state index contributed by atoms with van der Waals surface area (Å²) < 4.78 is 23.7. The van der Waals surface area contributed by atoms with E-state index in [0.717, 1.165) is 43.4 Å². The van der Waals surface area contributed by atoms with Gasteiger partial charge in [0.1, 0.15) is 31.0 Å². The van der Waals surface area contributed by atoms with Crippen molar-refractivity contribution in [2.75, 3.05) is 61.2 Å². The third kappa shape index (κ3) is 6.70. The van der Waals surface area contributed by atoms with E-state index in [0.29, 0.717) is 17.9 Å². The second-order valence-corrected chi connectivity index (χ2v) is 8.23. The molecule has 1 atom stereocenters. The zero-order chi connectivity index (χ0) is 24.5. The summed E-state index contributed by atoms with van der Waals surface area (Å²) in [5.41, 5.74) is 2.37. The van der Waals surface area contributed by atoms with Crippen LogP contribution < -0.4 is 19.9 Å². The third-order valence-corrected chi connectivity index (χ3v) is 5.87. The third-order valence-electron chi connectivity index (χ3n) is 5.87. The summed E-state index contributed by atoms with van der Waals surface area (Å²) in [5.74, 6) is 1.37. The largest absolute Gasteiger partial charge is 0.491 e. The number of aromatic nitrogens is 1. The molecule has 0 spiro atoms. The Morgan fingerprint density at radius 1 is 1.00 bits per heavy atom. The highest BCUT2D eigenvalue weighted by molar-refractivity contribution is 6.04. The van der Waals surface area contributed by atoms with E-state index in [1.807, 2.05) is 55.6 Å². The number of benzene rings is 2. The van der Waals surface area contributed by atoms with Gasteiger partial charge in [-0.05, 0) is 67.6 Å². The van der Waals surface area contributed by atoms with Crippen LogP contribution in [0.25, 0.3) is 0 Å². The van der Waals surface area contributed by atoms with Crippen molar-refractivity contribution in [3.63, 3.8) is 0 Å². The summed E-state index contributed by atoms with van der Waals surface area (Å²) in [7, 11) is 0. The Kier molecular flexibility index (Phi) is 8.51. The minimum atomic E-state index is -0.603. The van der Waals surface area contributed by atoms with Gasteiger partial charge < -0.3 is 24.6 Å². The number of ether oxygens (including phenoxy) is 2. The van der Waals surface area contributed by atoms with Crippen LogP contribution in [0, 0.1) is 0 Å². The van der Waals surface area contributed by atoms with Gasteiger partial charge in [0.05, 0.1) is 0 Å². The predicted molar refractivity (Wildman–Crippen MR) is 136 cm³/mol. The number of pyridine rings is 1. The number of halogens is 1. The lowest BCUT2D eigenvalue weighted by Crippen LogP contribution is -2.46. The molecule has 7 nitrogen and oxygen atoms in total. The topological polar surface area (TPSA) is 66.9 Å². The summed E-state index contributed by atoms with van der Waals surface area (Å²) in [6.45, 7) is 5.41. The summed E-state index contributed by atoms with van der Waals surface area (Å²) in [4.78, 5) is 21.7. The fraction of sp³-hybridized carbons (Fsp3) is 0.333. The number of piperazine rings is 1. The Labute approximate surface area is 205 Å². The van der Waals surface area contributed by atoms with Gasteiger partial charge >= 0.3 is 0 Å². The Morgan fingerprint density at radius 3 is 2.34 bits per heavy atom. The van der Waals surface area contributed by atoms with Gasteiger partial charge in [-0.15, -0.1) is 0 Å². The number of nitrogens with one attached hydrogen (secondary N) is 1. The van der Waals surface area contributed by atoms with Crippen molar-refractivity contribution in [2.24, 2.45) is 0 Å². The van der Waals surface area contributed by atoms with Crippen LogP contribution in [0.3, 0.4) is 0 Å². The van der Waals surface area contributed by atoms with Crippen molar-refractivity contribution in [2.45, 2.75) is 13.0 Å². The Morgan fingerprint density at radius 2 is 1.71 bits per heavy atom. The molecule has 4 rings (SSSR count). The van der Waals surface area contributed by atoms with Crippen molar-refractivity contribution in [1.29, 1.82) is 0 Å². The molecule has 2 aromatic carbocycles. The van der Waals surface area contributed by atoms with E-state index in [4.69, 9.17) is 9.47 Å². The van der Waals surface area contributed by atoms with E-state index >= 15 is 0 Å². The molecule has 0 radical (unpaired) electrons. The average Bonchev–Trinajstić information content (AvgIpc) is 2.92. The minimum absolute atomic E-state index is 0.125.